The highest BCUT2D eigenvalue weighted by atomic mass is 16.5. The van der Waals surface area contributed by atoms with E-state index in [1.807, 2.05) is 18.2 Å². The summed E-state index contributed by atoms with van der Waals surface area (Å²) in [7, 11) is 3.12. The maximum absolute atomic E-state index is 6.22. The Morgan fingerprint density at radius 2 is 2.17 bits per heavy atom. The first-order valence-corrected chi connectivity index (χ1v) is 8.68. The lowest BCUT2D eigenvalue weighted by molar-refractivity contribution is -0.0274. The van der Waals surface area contributed by atoms with E-state index in [4.69, 9.17) is 4.74 Å². The molecule has 24 heavy (non-hydrogen) atoms. The normalized spacial score (nSPS) is 24.6. The average molecular weight is 319 g/mol. The number of ether oxygens (including phenoxy) is 1. The number of rotatable bonds is 4. The smallest absolute Gasteiger partial charge is 0.193 e. The van der Waals surface area contributed by atoms with Crippen LogP contribution in [0.15, 0.2) is 66.7 Å². The molecule has 0 aliphatic carbocycles. The summed E-state index contributed by atoms with van der Waals surface area (Å²) in [6.45, 7) is 12.8. The molecular formula is C21H26BNO. The highest BCUT2D eigenvalue weighted by Crippen LogP contribution is 2.36. The SMILES string of the molecule is C=C/C=C\C1=C(C=C)Bc2c(C)cccc2C1C1CN(C)CCO1. The number of morpholine rings is 1. The van der Waals surface area contributed by atoms with Crippen molar-refractivity contribution < 1.29 is 4.74 Å². The molecule has 0 aromatic heterocycles. The van der Waals surface area contributed by atoms with Crippen molar-refractivity contribution in [3.8, 4) is 0 Å². The standard InChI is InChI=1S/C21H26BNO/c1-5-7-10-16-18(6-2)22-21-15(3)9-8-11-17(21)20(16)19-14-23(4)12-13-24-19/h5-11,19-20,22H,1-2,12-14H2,3-4H3/b10-7-. The number of hydrogen-bond acceptors (Lipinski definition) is 2. The van der Waals surface area contributed by atoms with Gasteiger partial charge >= 0.3 is 0 Å². The lowest BCUT2D eigenvalue weighted by Gasteiger charge is -2.39. The van der Waals surface area contributed by atoms with Crippen molar-refractivity contribution in [3.63, 3.8) is 0 Å². The van der Waals surface area contributed by atoms with Gasteiger partial charge in [-0.15, -0.1) is 0 Å². The third-order valence-corrected chi connectivity index (χ3v) is 5.18. The molecule has 0 bridgehead atoms. The fraction of sp³-hybridized carbons (Fsp3) is 0.333. The van der Waals surface area contributed by atoms with Gasteiger partial charge in [-0.2, -0.15) is 0 Å². The number of nitrogens with zero attached hydrogens (tertiary/aromatic N) is 1. The van der Waals surface area contributed by atoms with Crippen molar-refractivity contribution in [1.82, 2.24) is 4.90 Å². The molecule has 3 heteroatoms. The van der Waals surface area contributed by atoms with Gasteiger partial charge in [0.1, 0.15) is 0 Å². The summed E-state index contributed by atoms with van der Waals surface area (Å²) in [5.74, 6) is 0.251. The van der Waals surface area contributed by atoms with E-state index in [9.17, 15) is 0 Å². The number of likely N-dealkylation sites (N-methyl/N-ethyl adjacent to an activating group) is 1. The third kappa shape index (κ3) is 3.19. The first-order valence-electron chi connectivity index (χ1n) is 8.68. The zero-order valence-corrected chi connectivity index (χ0v) is 14.8. The van der Waals surface area contributed by atoms with E-state index < -0.39 is 0 Å². The number of hydrogen-bond donors (Lipinski definition) is 0. The summed E-state index contributed by atoms with van der Waals surface area (Å²) in [5, 5.41) is 0. The van der Waals surface area contributed by atoms with Crippen LogP contribution in [0.2, 0.25) is 0 Å². The van der Waals surface area contributed by atoms with Crippen molar-refractivity contribution in [2.45, 2.75) is 18.9 Å². The highest BCUT2D eigenvalue weighted by molar-refractivity contribution is 6.63. The zero-order chi connectivity index (χ0) is 17.1. The van der Waals surface area contributed by atoms with Crippen LogP contribution in [-0.4, -0.2) is 45.0 Å². The van der Waals surface area contributed by atoms with Crippen LogP contribution in [0.4, 0.5) is 0 Å². The van der Waals surface area contributed by atoms with E-state index in [-0.39, 0.29) is 12.0 Å². The monoisotopic (exact) mass is 319 g/mol. The number of allylic oxidation sites excluding steroid dienone is 5. The van der Waals surface area contributed by atoms with E-state index in [0.29, 0.717) is 0 Å². The fourth-order valence-electron chi connectivity index (χ4n) is 3.90. The summed E-state index contributed by atoms with van der Waals surface area (Å²) < 4.78 is 6.22. The Morgan fingerprint density at radius 1 is 1.33 bits per heavy atom. The molecular weight excluding hydrogens is 293 g/mol. The van der Waals surface area contributed by atoms with Crippen LogP contribution in [0.1, 0.15) is 17.0 Å². The summed E-state index contributed by atoms with van der Waals surface area (Å²) in [6, 6.07) is 6.64. The predicted octanol–water partition coefficient (Wildman–Crippen LogP) is 2.67. The molecule has 2 atom stereocenters. The van der Waals surface area contributed by atoms with Crippen LogP contribution >= 0.6 is 0 Å². The Balaban J connectivity index is 2.13. The summed E-state index contributed by atoms with van der Waals surface area (Å²) in [6.07, 6.45) is 8.24. The average Bonchev–Trinajstić information content (AvgIpc) is 2.59. The van der Waals surface area contributed by atoms with Gasteiger partial charge in [0.2, 0.25) is 0 Å². The highest BCUT2D eigenvalue weighted by Gasteiger charge is 2.35. The topological polar surface area (TPSA) is 12.5 Å². The van der Waals surface area contributed by atoms with Gasteiger partial charge in [-0.3, -0.25) is 0 Å². The first-order chi connectivity index (χ1) is 11.7. The van der Waals surface area contributed by atoms with Gasteiger partial charge < -0.3 is 9.64 Å². The molecule has 2 aliphatic heterocycles. The molecule has 2 unspecified atom stereocenters. The Kier molecular flexibility index (Phi) is 5.22. The van der Waals surface area contributed by atoms with Crippen LogP contribution in [0.25, 0.3) is 0 Å². The largest absolute Gasteiger partial charge is 0.375 e. The van der Waals surface area contributed by atoms with Gasteiger partial charge in [0.05, 0.1) is 12.7 Å². The summed E-state index contributed by atoms with van der Waals surface area (Å²) >= 11 is 0. The Morgan fingerprint density at radius 3 is 2.88 bits per heavy atom. The van der Waals surface area contributed by atoms with Gasteiger partial charge in [-0.25, -0.2) is 0 Å². The minimum atomic E-state index is 0.170. The molecule has 2 heterocycles. The third-order valence-electron chi connectivity index (χ3n) is 5.18. The molecule has 2 aliphatic rings. The van der Waals surface area contributed by atoms with Crippen LogP contribution in [0.3, 0.4) is 0 Å². The molecule has 2 nitrogen and oxygen atoms in total. The van der Waals surface area contributed by atoms with Crippen LogP contribution in [-0.2, 0) is 4.74 Å². The predicted molar refractivity (Wildman–Crippen MR) is 105 cm³/mol. The van der Waals surface area contributed by atoms with Crippen LogP contribution < -0.4 is 5.46 Å². The first kappa shape index (κ1) is 17.0. The van der Waals surface area contributed by atoms with E-state index in [2.05, 4.69) is 56.3 Å². The molecule has 124 valence electrons. The number of aryl methyl sites for hydroxylation is 1. The second kappa shape index (κ2) is 7.37. The second-order valence-corrected chi connectivity index (χ2v) is 6.75. The second-order valence-electron chi connectivity index (χ2n) is 6.75. The summed E-state index contributed by atoms with van der Waals surface area (Å²) in [5.41, 5.74) is 6.82. The number of fused-ring (bicyclic) bond motifs is 1. The Bertz CT molecular complexity index is 704. The van der Waals surface area contributed by atoms with Crippen LogP contribution in [0, 0.1) is 6.92 Å². The van der Waals surface area contributed by atoms with Gasteiger partial charge in [-0.1, -0.05) is 72.2 Å². The molecule has 0 spiro atoms. The molecule has 0 saturated carbocycles. The summed E-state index contributed by atoms with van der Waals surface area (Å²) in [4.78, 5) is 2.36. The van der Waals surface area contributed by atoms with E-state index in [0.717, 1.165) is 27.0 Å². The minimum absolute atomic E-state index is 0.170. The van der Waals surface area contributed by atoms with E-state index in [1.165, 1.54) is 27.6 Å². The molecule has 0 N–H and O–H groups in total. The minimum Gasteiger partial charge on any atom is -0.375 e. The van der Waals surface area contributed by atoms with Gasteiger partial charge in [0, 0.05) is 19.0 Å². The van der Waals surface area contributed by atoms with Gasteiger partial charge in [0.25, 0.3) is 0 Å². The number of benzene rings is 1. The lowest BCUT2D eigenvalue weighted by Crippen LogP contribution is -2.46. The molecule has 0 radical (unpaired) electrons. The zero-order valence-electron chi connectivity index (χ0n) is 14.8. The van der Waals surface area contributed by atoms with Crippen LogP contribution in [0.5, 0.6) is 0 Å². The van der Waals surface area contributed by atoms with Crippen molar-refractivity contribution in [2.24, 2.45) is 0 Å². The lowest BCUT2D eigenvalue weighted by atomic mass is 9.52. The van der Waals surface area contributed by atoms with Crippen molar-refractivity contribution in [3.05, 3.63) is 77.8 Å². The molecule has 1 aromatic rings. The fourth-order valence-corrected chi connectivity index (χ4v) is 3.90. The molecule has 1 fully saturated rings. The van der Waals surface area contributed by atoms with Crippen molar-refractivity contribution >= 4 is 12.7 Å². The Labute approximate surface area is 146 Å². The maximum atomic E-state index is 6.22. The van der Waals surface area contributed by atoms with E-state index >= 15 is 0 Å². The van der Waals surface area contributed by atoms with E-state index in [1.54, 1.807) is 0 Å². The quantitative estimate of drug-likeness (QED) is 0.625. The molecule has 3 rings (SSSR count). The van der Waals surface area contributed by atoms with Gasteiger partial charge in [-0.05, 0) is 25.1 Å². The Hall–Kier alpha value is -1.84. The maximum Gasteiger partial charge on any atom is 0.193 e. The molecule has 1 saturated heterocycles. The molecule has 1 aromatic carbocycles. The van der Waals surface area contributed by atoms with Crippen molar-refractivity contribution in [1.29, 1.82) is 0 Å². The van der Waals surface area contributed by atoms with Gasteiger partial charge in [0.15, 0.2) is 7.28 Å². The van der Waals surface area contributed by atoms with Crippen molar-refractivity contribution in [2.75, 3.05) is 26.7 Å². The molecule has 0 amide bonds.